The average molecular weight is 278 g/mol. The molecule has 1 fully saturated rings. The molecule has 0 aromatic heterocycles. The van der Waals surface area contributed by atoms with Gasteiger partial charge in [-0.1, -0.05) is 19.1 Å². The van der Waals surface area contributed by atoms with Crippen molar-refractivity contribution < 1.29 is 9.18 Å². The van der Waals surface area contributed by atoms with E-state index in [1.54, 1.807) is 12.1 Å². The predicted molar refractivity (Wildman–Crippen MR) is 78.5 cm³/mol. The summed E-state index contributed by atoms with van der Waals surface area (Å²) < 4.78 is 13.1. The molecule has 4 heteroatoms. The maximum absolute atomic E-state index is 13.1. The van der Waals surface area contributed by atoms with Gasteiger partial charge in [0.25, 0.3) is 0 Å². The van der Waals surface area contributed by atoms with Gasteiger partial charge < -0.3 is 0 Å². The number of carbonyl (C=O) groups excluding carboxylic acids is 1. The van der Waals surface area contributed by atoms with E-state index < -0.39 is 0 Å². The first-order valence-corrected chi connectivity index (χ1v) is 7.35. The number of hydrogen-bond acceptors (Lipinski definition) is 3. The Morgan fingerprint density at radius 1 is 1.30 bits per heavy atom. The molecule has 0 bridgehead atoms. The molecule has 1 aliphatic rings. The minimum atomic E-state index is -0.350. The van der Waals surface area contributed by atoms with Crippen molar-refractivity contribution in [2.75, 3.05) is 32.7 Å². The molecule has 0 amide bonds. The van der Waals surface area contributed by atoms with E-state index in [0.717, 1.165) is 32.6 Å². The summed E-state index contributed by atoms with van der Waals surface area (Å²) in [6, 6.07) is 6.56. The summed E-state index contributed by atoms with van der Waals surface area (Å²) >= 11 is 0. The number of nitrogens with zero attached hydrogens (tertiary/aromatic N) is 2. The van der Waals surface area contributed by atoms with Gasteiger partial charge in [0, 0.05) is 37.8 Å². The van der Waals surface area contributed by atoms with Crippen molar-refractivity contribution in [2.45, 2.75) is 26.3 Å². The van der Waals surface area contributed by atoms with Crippen LogP contribution in [0.5, 0.6) is 0 Å². The summed E-state index contributed by atoms with van der Waals surface area (Å²) in [7, 11) is 0. The van der Waals surface area contributed by atoms with Gasteiger partial charge in [-0.15, -0.1) is 0 Å². The Morgan fingerprint density at radius 2 is 2.00 bits per heavy atom. The topological polar surface area (TPSA) is 23.6 Å². The minimum absolute atomic E-state index is 0.00138. The van der Waals surface area contributed by atoms with Gasteiger partial charge in [-0.2, -0.15) is 0 Å². The fourth-order valence-electron chi connectivity index (χ4n) is 2.58. The second-order valence-electron chi connectivity index (χ2n) is 5.50. The quantitative estimate of drug-likeness (QED) is 0.773. The van der Waals surface area contributed by atoms with Crippen molar-refractivity contribution in [1.82, 2.24) is 9.80 Å². The van der Waals surface area contributed by atoms with E-state index in [1.807, 2.05) is 0 Å². The first-order chi connectivity index (χ1) is 9.60. The zero-order valence-corrected chi connectivity index (χ0v) is 12.3. The fraction of sp³-hybridized carbons (Fsp3) is 0.562. The lowest BCUT2D eigenvalue weighted by Crippen LogP contribution is -2.50. The summed E-state index contributed by atoms with van der Waals surface area (Å²) in [5.41, 5.74) is 0.467. The monoisotopic (exact) mass is 278 g/mol. The zero-order valence-electron chi connectivity index (χ0n) is 12.3. The van der Waals surface area contributed by atoms with Gasteiger partial charge in [0.15, 0.2) is 5.78 Å². The molecular weight excluding hydrogens is 255 g/mol. The van der Waals surface area contributed by atoms with Gasteiger partial charge in [0.2, 0.25) is 0 Å². The molecule has 0 N–H and O–H groups in total. The Bertz CT molecular complexity index is 456. The molecular formula is C16H23FN2O. The van der Waals surface area contributed by atoms with Gasteiger partial charge in [-0.25, -0.2) is 4.39 Å². The van der Waals surface area contributed by atoms with Crippen LogP contribution in [0.2, 0.25) is 0 Å². The van der Waals surface area contributed by atoms with Crippen LogP contribution in [0.3, 0.4) is 0 Å². The lowest BCUT2D eigenvalue weighted by atomic mass is 10.1. The van der Waals surface area contributed by atoms with Crippen LogP contribution in [0.1, 0.15) is 30.6 Å². The predicted octanol–water partition coefficient (Wildman–Crippen LogP) is 2.42. The molecule has 1 heterocycles. The number of Topliss-reactive ketones (excluding diaryl/α,β-unsaturated/α-hetero) is 1. The van der Waals surface area contributed by atoms with Crippen LogP contribution in [-0.4, -0.2) is 54.3 Å². The number of carbonyl (C=O) groups is 1. The summed E-state index contributed by atoms with van der Waals surface area (Å²) in [6.07, 6.45) is 1.15. The maximum atomic E-state index is 13.1. The van der Waals surface area contributed by atoms with Crippen molar-refractivity contribution in [2.24, 2.45) is 0 Å². The van der Waals surface area contributed by atoms with Crippen molar-refractivity contribution in [3.05, 3.63) is 35.6 Å². The van der Waals surface area contributed by atoms with E-state index in [0.29, 0.717) is 18.2 Å². The lowest BCUT2D eigenvalue weighted by Gasteiger charge is -2.37. The van der Waals surface area contributed by atoms with E-state index >= 15 is 0 Å². The highest BCUT2D eigenvalue weighted by Gasteiger charge is 2.21. The number of rotatable bonds is 5. The number of ketones is 1. The third-order valence-electron chi connectivity index (χ3n) is 4.13. The fourth-order valence-corrected chi connectivity index (χ4v) is 2.58. The molecule has 110 valence electrons. The van der Waals surface area contributed by atoms with E-state index in [2.05, 4.69) is 23.6 Å². The third kappa shape index (κ3) is 3.87. The Balaban J connectivity index is 1.85. The van der Waals surface area contributed by atoms with Crippen molar-refractivity contribution in [3.63, 3.8) is 0 Å². The van der Waals surface area contributed by atoms with E-state index in [4.69, 9.17) is 0 Å². The molecule has 1 aliphatic heterocycles. The van der Waals surface area contributed by atoms with Crippen molar-refractivity contribution in [1.29, 1.82) is 0 Å². The van der Waals surface area contributed by atoms with Crippen LogP contribution in [-0.2, 0) is 0 Å². The summed E-state index contributed by atoms with van der Waals surface area (Å²) in [6.45, 7) is 8.66. The molecule has 1 saturated heterocycles. The van der Waals surface area contributed by atoms with Crippen LogP contribution >= 0.6 is 0 Å². The first kappa shape index (κ1) is 15.1. The molecule has 0 spiro atoms. The highest BCUT2D eigenvalue weighted by atomic mass is 19.1. The lowest BCUT2D eigenvalue weighted by molar-refractivity contribution is 0.0784. The van der Waals surface area contributed by atoms with Crippen LogP contribution in [0.15, 0.2) is 24.3 Å². The third-order valence-corrected chi connectivity index (χ3v) is 4.13. The van der Waals surface area contributed by atoms with Gasteiger partial charge in [-0.05, 0) is 25.5 Å². The molecule has 0 saturated carbocycles. The van der Waals surface area contributed by atoms with Gasteiger partial charge >= 0.3 is 0 Å². The molecule has 1 aromatic carbocycles. The van der Waals surface area contributed by atoms with Crippen LogP contribution in [0, 0.1) is 5.82 Å². The minimum Gasteiger partial charge on any atom is -0.298 e. The smallest absolute Gasteiger partial charge is 0.176 e. The number of benzene rings is 1. The SMILES string of the molecule is CCC(C)N1CCN(CC(=O)c2cccc(F)c2)CC1. The van der Waals surface area contributed by atoms with Crippen LogP contribution in [0.25, 0.3) is 0 Å². The Morgan fingerprint density at radius 3 is 2.60 bits per heavy atom. The van der Waals surface area contributed by atoms with Crippen molar-refractivity contribution in [3.8, 4) is 0 Å². The van der Waals surface area contributed by atoms with Gasteiger partial charge in [0.05, 0.1) is 6.54 Å². The Hall–Kier alpha value is -1.26. The highest BCUT2D eigenvalue weighted by Crippen LogP contribution is 2.10. The van der Waals surface area contributed by atoms with Gasteiger partial charge in [-0.3, -0.25) is 14.6 Å². The molecule has 3 nitrogen and oxygen atoms in total. The standard InChI is InChI=1S/C16H23FN2O/c1-3-13(2)19-9-7-18(8-10-19)12-16(20)14-5-4-6-15(17)11-14/h4-6,11,13H,3,7-10,12H2,1-2H3. The summed E-state index contributed by atoms with van der Waals surface area (Å²) in [5, 5.41) is 0. The molecule has 0 radical (unpaired) electrons. The van der Waals surface area contributed by atoms with E-state index in [-0.39, 0.29) is 11.6 Å². The number of piperazine rings is 1. The highest BCUT2D eigenvalue weighted by molar-refractivity contribution is 5.97. The molecule has 20 heavy (non-hydrogen) atoms. The number of halogens is 1. The Labute approximate surface area is 120 Å². The average Bonchev–Trinajstić information content (AvgIpc) is 2.47. The molecule has 1 aromatic rings. The maximum Gasteiger partial charge on any atom is 0.176 e. The summed E-state index contributed by atoms with van der Waals surface area (Å²) in [5.74, 6) is -0.348. The molecule has 1 unspecified atom stereocenters. The van der Waals surface area contributed by atoms with E-state index in [1.165, 1.54) is 12.1 Å². The van der Waals surface area contributed by atoms with E-state index in [9.17, 15) is 9.18 Å². The van der Waals surface area contributed by atoms with Crippen molar-refractivity contribution >= 4 is 5.78 Å². The summed E-state index contributed by atoms with van der Waals surface area (Å²) in [4.78, 5) is 16.7. The second-order valence-corrected chi connectivity index (χ2v) is 5.50. The first-order valence-electron chi connectivity index (χ1n) is 7.35. The second kappa shape index (κ2) is 6.95. The largest absolute Gasteiger partial charge is 0.298 e. The van der Waals surface area contributed by atoms with Gasteiger partial charge in [0.1, 0.15) is 5.82 Å². The zero-order chi connectivity index (χ0) is 14.5. The molecule has 1 atom stereocenters. The normalized spacial score (nSPS) is 18.9. The van der Waals surface area contributed by atoms with Crippen LogP contribution in [0.4, 0.5) is 4.39 Å². The van der Waals surface area contributed by atoms with Crippen LogP contribution < -0.4 is 0 Å². The Kier molecular flexibility index (Phi) is 5.26. The number of hydrogen-bond donors (Lipinski definition) is 0. The molecule has 2 rings (SSSR count). The molecule has 0 aliphatic carbocycles.